The van der Waals surface area contributed by atoms with E-state index in [9.17, 15) is 18.0 Å². The van der Waals surface area contributed by atoms with Crippen LogP contribution in [0.15, 0.2) is 24.3 Å². The van der Waals surface area contributed by atoms with Crippen LogP contribution in [0.2, 0.25) is 0 Å². The zero-order chi connectivity index (χ0) is 15.9. The van der Waals surface area contributed by atoms with Crippen molar-refractivity contribution in [1.29, 1.82) is 0 Å². The number of hydrogen-bond acceptors (Lipinski definition) is 3. The lowest BCUT2D eigenvalue weighted by molar-refractivity contribution is -0.274. The molecule has 0 amide bonds. The lowest BCUT2D eigenvalue weighted by atomic mass is 9.93. The van der Waals surface area contributed by atoms with E-state index in [0.29, 0.717) is 18.9 Å². The van der Waals surface area contributed by atoms with Gasteiger partial charge in [-0.2, -0.15) is 0 Å². The van der Waals surface area contributed by atoms with Gasteiger partial charge in [0.2, 0.25) is 0 Å². The third-order valence-electron chi connectivity index (χ3n) is 3.35. The Morgan fingerprint density at radius 2 is 1.95 bits per heavy atom. The van der Waals surface area contributed by atoms with Crippen molar-refractivity contribution in [2.45, 2.75) is 39.0 Å². The van der Waals surface area contributed by atoms with Crippen LogP contribution < -0.4 is 10.5 Å². The van der Waals surface area contributed by atoms with Crippen molar-refractivity contribution in [3.8, 4) is 5.75 Å². The summed E-state index contributed by atoms with van der Waals surface area (Å²) in [6.07, 6.45) is -2.29. The number of carbonyl (C=O) groups excluding carboxylic acids is 1. The topological polar surface area (TPSA) is 52.3 Å². The maximum Gasteiger partial charge on any atom is 0.573 e. The van der Waals surface area contributed by atoms with E-state index in [1.54, 1.807) is 0 Å². The Balaban J connectivity index is 2.74. The van der Waals surface area contributed by atoms with Gasteiger partial charge in [0, 0.05) is 6.42 Å². The molecule has 0 spiro atoms. The maximum absolute atomic E-state index is 12.3. The Morgan fingerprint density at radius 3 is 2.52 bits per heavy atom. The van der Waals surface area contributed by atoms with Crippen molar-refractivity contribution < 1.29 is 22.7 Å². The van der Waals surface area contributed by atoms with Gasteiger partial charge < -0.3 is 10.5 Å². The minimum atomic E-state index is -4.80. The smallest absolute Gasteiger partial charge is 0.405 e. The summed E-state index contributed by atoms with van der Waals surface area (Å²) >= 11 is 0. The molecule has 1 atom stereocenters. The van der Waals surface area contributed by atoms with E-state index in [2.05, 4.69) is 4.74 Å². The number of carbonyl (C=O) groups is 1. The molecule has 2 N–H and O–H groups in total. The first-order valence-corrected chi connectivity index (χ1v) is 6.95. The number of nitrogens with two attached hydrogens (primary N) is 1. The van der Waals surface area contributed by atoms with Crippen LogP contribution in [0.1, 0.15) is 43.0 Å². The predicted octanol–water partition coefficient (Wildman–Crippen LogP) is 3.92. The maximum atomic E-state index is 12.3. The molecule has 0 aliphatic rings. The van der Waals surface area contributed by atoms with Crippen molar-refractivity contribution in [2.75, 3.05) is 6.54 Å². The molecular formula is C15H20F3NO2. The molecule has 0 fully saturated rings. The van der Waals surface area contributed by atoms with Crippen molar-refractivity contribution in [2.24, 2.45) is 11.7 Å². The molecule has 0 heterocycles. The number of Topliss-reactive ketones (excluding diaryl/α,β-unsaturated/α-hetero) is 1. The standard InChI is InChI=1S/C15H20F3NO2/c1-2-11(9-10-19)7-8-13(20)12-5-3-4-6-14(12)21-15(16,17)18/h3-6,11H,2,7-10,19H2,1H3. The average molecular weight is 303 g/mol. The first-order valence-electron chi connectivity index (χ1n) is 6.95. The van der Waals surface area contributed by atoms with Gasteiger partial charge in [-0.1, -0.05) is 25.5 Å². The molecule has 0 bridgehead atoms. The summed E-state index contributed by atoms with van der Waals surface area (Å²) < 4.78 is 40.8. The molecule has 0 aromatic heterocycles. The molecule has 1 unspecified atom stereocenters. The van der Waals surface area contributed by atoms with Gasteiger partial charge in [0.25, 0.3) is 0 Å². The largest absolute Gasteiger partial charge is 0.573 e. The van der Waals surface area contributed by atoms with Gasteiger partial charge in [-0.05, 0) is 37.4 Å². The fraction of sp³-hybridized carbons (Fsp3) is 0.533. The summed E-state index contributed by atoms with van der Waals surface area (Å²) in [6, 6.07) is 5.43. The Kier molecular flexibility index (Phi) is 6.68. The van der Waals surface area contributed by atoms with Gasteiger partial charge in [-0.3, -0.25) is 4.79 Å². The van der Waals surface area contributed by atoms with Gasteiger partial charge in [-0.15, -0.1) is 13.2 Å². The van der Waals surface area contributed by atoms with E-state index >= 15 is 0 Å². The van der Waals surface area contributed by atoms with Crippen LogP contribution in [-0.2, 0) is 0 Å². The summed E-state index contributed by atoms with van der Waals surface area (Å²) in [5.74, 6) is -0.471. The number of para-hydroxylation sites is 1. The molecule has 3 nitrogen and oxygen atoms in total. The average Bonchev–Trinajstić information content (AvgIpc) is 2.42. The molecule has 0 saturated heterocycles. The molecule has 1 aromatic carbocycles. The van der Waals surface area contributed by atoms with E-state index < -0.39 is 12.1 Å². The highest BCUT2D eigenvalue weighted by molar-refractivity contribution is 5.98. The summed E-state index contributed by atoms with van der Waals surface area (Å²) in [5.41, 5.74) is 5.46. The summed E-state index contributed by atoms with van der Waals surface area (Å²) in [6.45, 7) is 2.55. The van der Waals surface area contributed by atoms with E-state index in [1.807, 2.05) is 6.92 Å². The first kappa shape index (κ1) is 17.5. The van der Waals surface area contributed by atoms with Gasteiger partial charge in [0.1, 0.15) is 5.75 Å². The van der Waals surface area contributed by atoms with Gasteiger partial charge in [0.15, 0.2) is 5.78 Å². The fourth-order valence-electron chi connectivity index (χ4n) is 2.17. The minimum absolute atomic E-state index is 0.0302. The SMILES string of the molecule is CCC(CCN)CCC(=O)c1ccccc1OC(F)(F)F. The molecule has 6 heteroatoms. The van der Waals surface area contributed by atoms with E-state index in [-0.39, 0.29) is 17.8 Å². The number of alkyl halides is 3. The lowest BCUT2D eigenvalue weighted by Gasteiger charge is -2.15. The van der Waals surface area contributed by atoms with Crippen LogP contribution in [0.5, 0.6) is 5.75 Å². The number of hydrogen-bond donors (Lipinski definition) is 1. The second-order valence-corrected chi connectivity index (χ2v) is 4.86. The zero-order valence-corrected chi connectivity index (χ0v) is 12.0. The number of rotatable bonds is 8. The van der Waals surface area contributed by atoms with Crippen LogP contribution >= 0.6 is 0 Å². The third kappa shape index (κ3) is 6.16. The molecule has 0 aliphatic heterocycles. The van der Waals surface area contributed by atoms with Crippen molar-refractivity contribution in [1.82, 2.24) is 0 Å². The van der Waals surface area contributed by atoms with Gasteiger partial charge >= 0.3 is 6.36 Å². The van der Waals surface area contributed by atoms with Crippen LogP contribution in [0.3, 0.4) is 0 Å². The fourth-order valence-corrected chi connectivity index (χ4v) is 2.17. The van der Waals surface area contributed by atoms with Gasteiger partial charge in [0.05, 0.1) is 5.56 Å². The van der Waals surface area contributed by atoms with Crippen molar-refractivity contribution in [3.05, 3.63) is 29.8 Å². The van der Waals surface area contributed by atoms with Crippen LogP contribution in [0, 0.1) is 5.92 Å². The number of ketones is 1. The third-order valence-corrected chi connectivity index (χ3v) is 3.35. The molecule has 0 radical (unpaired) electrons. The second kappa shape index (κ2) is 8.02. The minimum Gasteiger partial charge on any atom is -0.405 e. The predicted molar refractivity (Wildman–Crippen MR) is 74.1 cm³/mol. The van der Waals surface area contributed by atoms with E-state index in [1.165, 1.54) is 18.2 Å². The highest BCUT2D eigenvalue weighted by Gasteiger charge is 2.32. The quantitative estimate of drug-likeness (QED) is 0.740. The normalized spacial score (nSPS) is 13.0. The zero-order valence-electron chi connectivity index (χ0n) is 12.0. The molecule has 118 valence electrons. The number of ether oxygens (including phenoxy) is 1. The van der Waals surface area contributed by atoms with Crippen LogP contribution in [0.25, 0.3) is 0 Å². The molecule has 21 heavy (non-hydrogen) atoms. The van der Waals surface area contributed by atoms with Crippen LogP contribution in [0.4, 0.5) is 13.2 Å². The summed E-state index contributed by atoms with van der Waals surface area (Å²) in [5, 5.41) is 0. The van der Waals surface area contributed by atoms with Crippen molar-refractivity contribution in [3.63, 3.8) is 0 Å². The Morgan fingerprint density at radius 1 is 1.29 bits per heavy atom. The molecule has 0 saturated carbocycles. The van der Waals surface area contributed by atoms with E-state index in [4.69, 9.17) is 5.73 Å². The van der Waals surface area contributed by atoms with Crippen molar-refractivity contribution >= 4 is 5.78 Å². The Labute approximate surface area is 122 Å². The molecule has 0 aliphatic carbocycles. The number of halogens is 3. The van der Waals surface area contributed by atoms with Gasteiger partial charge in [-0.25, -0.2) is 0 Å². The Bertz CT molecular complexity index is 460. The molecule has 1 rings (SSSR count). The second-order valence-electron chi connectivity index (χ2n) is 4.86. The highest BCUT2D eigenvalue weighted by atomic mass is 19.4. The summed E-state index contributed by atoms with van der Waals surface area (Å²) in [7, 11) is 0. The molecular weight excluding hydrogens is 283 g/mol. The summed E-state index contributed by atoms with van der Waals surface area (Å²) in [4.78, 5) is 12.1. The highest BCUT2D eigenvalue weighted by Crippen LogP contribution is 2.28. The first-order chi connectivity index (χ1) is 9.87. The molecule has 1 aromatic rings. The Hall–Kier alpha value is -1.56. The van der Waals surface area contributed by atoms with Crippen LogP contribution in [-0.4, -0.2) is 18.7 Å². The number of benzene rings is 1. The monoisotopic (exact) mass is 303 g/mol. The van der Waals surface area contributed by atoms with E-state index in [0.717, 1.165) is 18.9 Å². The lowest BCUT2D eigenvalue weighted by Crippen LogP contribution is -2.19.